The first kappa shape index (κ1) is 16.0. The minimum atomic E-state index is -0.897. The third-order valence-corrected chi connectivity index (χ3v) is 4.31. The average Bonchev–Trinajstić information content (AvgIpc) is 2.53. The maximum absolute atomic E-state index is 11.2. The molecule has 2 rings (SSSR count). The standard InChI is InChI=1S/C16H20N2O4/c1-11(12(2)16(19)20)15-5-3-4-10-17(15)13-6-8-14(9-7-13)18(21)22/h6-9,15H,3-5,10H2,1-2H3,(H,19,20). The van der Waals surface area contributed by atoms with E-state index in [2.05, 4.69) is 4.90 Å². The number of nitrogens with zero attached hydrogens (tertiary/aromatic N) is 2. The van der Waals surface area contributed by atoms with Crippen molar-refractivity contribution in [3.63, 3.8) is 0 Å². The first-order valence-corrected chi connectivity index (χ1v) is 7.33. The number of non-ortho nitro benzene ring substituents is 1. The van der Waals surface area contributed by atoms with Crippen molar-refractivity contribution < 1.29 is 14.8 Å². The van der Waals surface area contributed by atoms with Crippen LogP contribution in [0.4, 0.5) is 11.4 Å². The summed E-state index contributed by atoms with van der Waals surface area (Å²) >= 11 is 0. The van der Waals surface area contributed by atoms with Gasteiger partial charge in [-0.15, -0.1) is 0 Å². The van der Waals surface area contributed by atoms with Crippen molar-refractivity contribution in [2.45, 2.75) is 39.2 Å². The highest BCUT2D eigenvalue weighted by Gasteiger charge is 2.26. The summed E-state index contributed by atoms with van der Waals surface area (Å²) in [5.41, 5.74) is 2.18. The average molecular weight is 304 g/mol. The zero-order chi connectivity index (χ0) is 16.3. The number of nitro groups is 1. The number of piperidine rings is 1. The highest BCUT2D eigenvalue weighted by atomic mass is 16.6. The highest BCUT2D eigenvalue weighted by molar-refractivity contribution is 5.87. The monoisotopic (exact) mass is 304 g/mol. The number of rotatable bonds is 4. The van der Waals surface area contributed by atoms with Crippen molar-refractivity contribution >= 4 is 17.3 Å². The summed E-state index contributed by atoms with van der Waals surface area (Å²) in [6.45, 7) is 4.31. The van der Waals surface area contributed by atoms with Crippen molar-refractivity contribution in [1.82, 2.24) is 0 Å². The van der Waals surface area contributed by atoms with Gasteiger partial charge in [0.2, 0.25) is 0 Å². The lowest BCUT2D eigenvalue weighted by atomic mass is 9.92. The highest BCUT2D eigenvalue weighted by Crippen LogP contribution is 2.31. The minimum Gasteiger partial charge on any atom is -0.478 e. The fourth-order valence-electron chi connectivity index (χ4n) is 2.88. The van der Waals surface area contributed by atoms with Gasteiger partial charge in [0.1, 0.15) is 0 Å². The van der Waals surface area contributed by atoms with Gasteiger partial charge in [-0.1, -0.05) is 0 Å². The predicted octanol–water partition coefficient (Wildman–Crippen LogP) is 3.37. The summed E-state index contributed by atoms with van der Waals surface area (Å²) in [6, 6.07) is 6.49. The van der Waals surface area contributed by atoms with Gasteiger partial charge in [-0.3, -0.25) is 10.1 Å². The van der Waals surface area contributed by atoms with Crippen molar-refractivity contribution in [3.8, 4) is 0 Å². The molecule has 118 valence electrons. The van der Waals surface area contributed by atoms with Crippen LogP contribution in [0.2, 0.25) is 0 Å². The number of carboxylic acid groups (broad SMARTS) is 1. The predicted molar refractivity (Wildman–Crippen MR) is 84.1 cm³/mol. The molecule has 1 aliphatic heterocycles. The molecule has 1 unspecified atom stereocenters. The van der Waals surface area contributed by atoms with Crippen LogP contribution in [-0.4, -0.2) is 28.6 Å². The summed E-state index contributed by atoms with van der Waals surface area (Å²) in [7, 11) is 0. The molecule has 0 spiro atoms. The van der Waals surface area contributed by atoms with Gasteiger partial charge in [0.25, 0.3) is 5.69 Å². The van der Waals surface area contributed by atoms with Crippen LogP contribution in [0.1, 0.15) is 33.1 Å². The van der Waals surface area contributed by atoms with Crippen molar-refractivity contribution in [2.24, 2.45) is 0 Å². The maximum atomic E-state index is 11.2. The van der Waals surface area contributed by atoms with Crippen molar-refractivity contribution in [2.75, 3.05) is 11.4 Å². The summed E-state index contributed by atoms with van der Waals surface area (Å²) < 4.78 is 0. The Balaban J connectivity index is 2.32. The Bertz CT molecular complexity index is 607. The fraction of sp³-hybridized carbons (Fsp3) is 0.438. The molecule has 0 amide bonds. The van der Waals surface area contributed by atoms with Crippen LogP contribution in [0.15, 0.2) is 35.4 Å². The second-order valence-electron chi connectivity index (χ2n) is 5.59. The van der Waals surface area contributed by atoms with E-state index >= 15 is 0 Å². The molecule has 0 aromatic heterocycles. The molecule has 1 fully saturated rings. The topological polar surface area (TPSA) is 83.7 Å². The van der Waals surface area contributed by atoms with E-state index in [9.17, 15) is 20.0 Å². The van der Waals surface area contributed by atoms with Gasteiger partial charge >= 0.3 is 5.97 Å². The molecule has 0 bridgehead atoms. The molecule has 0 saturated carbocycles. The fourth-order valence-corrected chi connectivity index (χ4v) is 2.88. The Morgan fingerprint density at radius 2 is 1.91 bits per heavy atom. The van der Waals surface area contributed by atoms with Gasteiger partial charge in [-0.05, 0) is 50.8 Å². The Hall–Kier alpha value is -2.37. The lowest BCUT2D eigenvalue weighted by molar-refractivity contribution is -0.384. The zero-order valence-electron chi connectivity index (χ0n) is 12.8. The number of hydrogen-bond donors (Lipinski definition) is 1. The van der Waals surface area contributed by atoms with Gasteiger partial charge in [0.15, 0.2) is 0 Å². The van der Waals surface area contributed by atoms with E-state index in [1.807, 2.05) is 6.92 Å². The Morgan fingerprint density at radius 3 is 2.45 bits per heavy atom. The van der Waals surface area contributed by atoms with Crippen LogP contribution in [0.3, 0.4) is 0 Å². The van der Waals surface area contributed by atoms with Crippen LogP contribution >= 0.6 is 0 Å². The van der Waals surface area contributed by atoms with Gasteiger partial charge in [-0.25, -0.2) is 4.79 Å². The first-order chi connectivity index (χ1) is 10.4. The van der Waals surface area contributed by atoms with Crippen LogP contribution < -0.4 is 4.90 Å². The van der Waals surface area contributed by atoms with Crippen molar-refractivity contribution in [1.29, 1.82) is 0 Å². The van der Waals surface area contributed by atoms with E-state index < -0.39 is 10.9 Å². The van der Waals surface area contributed by atoms with E-state index in [-0.39, 0.29) is 11.7 Å². The molecule has 1 aromatic carbocycles. The molecular weight excluding hydrogens is 284 g/mol. The number of anilines is 1. The van der Waals surface area contributed by atoms with E-state index in [4.69, 9.17) is 0 Å². The molecule has 0 aliphatic carbocycles. The SMILES string of the molecule is CC(C(=O)O)=C(C)C1CCCCN1c1ccc([N+](=O)[O-])cc1. The molecule has 1 N–H and O–H groups in total. The van der Waals surface area contributed by atoms with Crippen molar-refractivity contribution in [3.05, 3.63) is 45.5 Å². The quantitative estimate of drug-likeness (QED) is 0.524. The molecule has 22 heavy (non-hydrogen) atoms. The summed E-state index contributed by atoms with van der Waals surface area (Å²) in [5, 5.41) is 19.9. The normalized spacial score (nSPS) is 19.5. The molecule has 1 aliphatic rings. The molecule has 1 aromatic rings. The molecule has 0 radical (unpaired) electrons. The van der Waals surface area contributed by atoms with Gasteiger partial charge in [0.05, 0.1) is 11.0 Å². The molecule has 1 heterocycles. The van der Waals surface area contributed by atoms with E-state index in [0.29, 0.717) is 5.57 Å². The summed E-state index contributed by atoms with van der Waals surface area (Å²) in [5.74, 6) is -0.897. The van der Waals surface area contributed by atoms with Gasteiger partial charge in [0, 0.05) is 29.9 Å². The molecule has 1 saturated heterocycles. The Kier molecular flexibility index (Phi) is 4.80. The smallest absolute Gasteiger partial charge is 0.331 e. The third-order valence-electron chi connectivity index (χ3n) is 4.31. The van der Waals surface area contributed by atoms with Crippen LogP contribution in [-0.2, 0) is 4.79 Å². The van der Waals surface area contributed by atoms with Gasteiger partial charge in [-0.2, -0.15) is 0 Å². The summed E-state index contributed by atoms with van der Waals surface area (Å²) in [4.78, 5) is 23.7. The number of hydrogen-bond acceptors (Lipinski definition) is 4. The largest absolute Gasteiger partial charge is 0.478 e. The molecule has 1 atom stereocenters. The lowest BCUT2D eigenvalue weighted by Gasteiger charge is -2.38. The number of aliphatic carboxylic acids is 1. The molecule has 6 nitrogen and oxygen atoms in total. The van der Waals surface area contributed by atoms with Crippen LogP contribution in [0.25, 0.3) is 0 Å². The second-order valence-corrected chi connectivity index (χ2v) is 5.59. The first-order valence-electron chi connectivity index (χ1n) is 7.33. The van der Waals surface area contributed by atoms with Crippen LogP contribution in [0, 0.1) is 10.1 Å². The summed E-state index contributed by atoms with van der Waals surface area (Å²) in [6.07, 6.45) is 2.98. The molecular formula is C16H20N2O4. The number of carbonyl (C=O) groups is 1. The van der Waals surface area contributed by atoms with E-state index in [1.165, 1.54) is 12.1 Å². The lowest BCUT2D eigenvalue weighted by Crippen LogP contribution is -2.41. The van der Waals surface area contributed by atoms with Gasteiger partial charge < -0.3 is 10.0 Å². The second kappa shape index (κ2) is 6.60. The van der Waals surface area contributed by atoms with E-state index in [0.717, 1.165) is 37.1 Å². The molecule has 6 heteroatoms. The van der Waals surface area contributed by atoms with Crippen LogP contribution in [0.5, 0.6) is 0 Å². The Morgan fingerprint density at radius 1 is 1.27 bits per heavy atom. The zero-order valence-corrected chi connectivity index (χ0v) is 12.8. The minimum absolute atomic E-state index is 0.0336. The Labute approximate surface area is 129 Å². The maximum Gasteiger partial charge on any atom is 0.331 e. The van der Waals surface area contributed by atoms with E-state index in [1.54, 1.807) is 19.1 Å². The number of carboxylic acids is 1. The number of nitro benzene ring substituents is 1. The third kappa shape index (κ3) is 3.27. The number of benzene rings is 1.